The average molecular weight is 234 g/mol. The average Bonchev–Trinajstić information content (AvgIpc) is 2.35. The van der Waals surface area contributed by atoms with Crippen molar-refractivity contribution in [1.29, 1.82) is 5.26 Å². The third kappa shape index (κ3) is 2.89. The highest BCUT2D eigenvalue weighted by Gasteiger charge is 2.17. The molecule has 17 heavy (non-hydrogen) atoms. The lowest BCUT2D eigenvalue weighted by molar-refractivity contribution is 0.395. The van der Waals surface area contributed by atoms with E-state index in [2.05, 4.69) is 11.4 Å². The van der Waals surface area contributed by atoms with Crippen molar-refractivity contribution in [3.8, 4) is 17.6 Å². The zero-order valence-corrected chi connectivity index (χ0v) is 10.7. The molecule has 0 aliphatic carbocycles. The number of methoxy groups -OCH3 is 2. The van der Waals surface area contributed by atoms with Crippen molar-refractivity contribution in [3.05, 3.63) is 23.3 Å². The Morgan fingerprint density at radius 1 is 1.29 bits per heavy atom. The van der Waals surface area contributed by atoms with Gasteiger partial charge in [-0.2, -0.15) is 5.26 Å². The molecule has 0 aliphatic heterocycles. The Balaban J connectivity index is 3.24. The van der Waals surface area contributed by atoms with Crippen LogP contribution in [0.2, 0.25) is 0 Å². The van der Waals surface area contributed by atoms with E-state index in [0.717, 1.165) is 22.6 Å². The summed E-state index contributed by atoms with van der Waals surface area (Å²) >= 11 is 0. The smallest absolute Gasteiger partial charge is 0.123 e. The van der Waals surface area contributed by atoms with Crippen molar-refractivity contribution in [1.82, 2.24) is 5.32 Å². The topological polar surface area (TPSA) is 54.3 Å². The van der Waals surface area contributed by atoms with E-state index in [-0.39, 0.29) is 5.92 Å². The molecule has 0 saturated carbocycles. The lowest BCUT2D eigenvalue weighted by Crippen LogP contribution is -2.16. The summed E-state index contributed by atoms with van der Waals surface area (Å²) in [7, 11) is 5.05. The van der Waals surface area contributed by atoms with Crippen LogP contribution in [0.5, 0.6) is 11.5 Å². The Morgan fingerprint density at radius 2 is 1.94 bits per heavy atom. The van der Waals surface area contributed by atoms with Gasteiger partial charge in [0.05, 0.1) is 26.2 Å². The second-order valence-corrected chi connectivity index (χ2v) is 3.80. The highest BCUT2D eigenvalue weighted by atomic mass is 16.5. The van der Waals surface area contributed by atoms with Gasteiger partial charge in [0.2, 0.25) is 0 Å². The number of benzene rings is 1. The molecule has 0 heterocycles. The molecule has 1 atom stereocenters. The number of nitriles is 1. The van der Waals surface area contributed by atoms with Gasteiger partial charge in [-0.15, -0.1) is 0 Å². The van der Waals surface area contributed by atoms with E-state index in [4.69, 9.17) is 9.47 Å². The molecule has 1 aromatic carbocycles. The first-order valence-corrected chi connectivity index (χ1v) is 5.44. The number of hydrogen-bond donors (Lipinski definition) is 1. The Labute approximate surface area is 102 Å². The van der Waals surface area contributed by atoms with Crippen LogP contribution in [0.25, 0.3) is 0 Å². The predicted octanol–water partition coefficient (Wildman–Crippen LogP) is 1.84. The molecule has 4 nitrogen and oxygen atoms in total. The zero-order chi connectivity index (χ0) is 12.8. The summed E-state index contributed by atoms with van der Waals surface area (Å²) in [5.41, 5.74) is 1.85. The molecule has 92 valence electrons. The van der Waals surface area contributed by atoms with E-state index in [1.54, 1.807) is 14.2 Å². The van der Waals surface area contributed by atoms with E-state index in [1.165, 1.54) is 0 Å². The molecular weight excluding hydrogens is 216 g/mol. The number of ether oxygens (including phenoxy) is 2. The van der Waals surface area contributed by atoms with Gasteiger partial charge in [0, 0.05) is 12.1 Å². The molecule has 1 rings (SSSR count). The minimum Gasteiger partial charge on any atom is -0.496 e. The number of nitrogens with zero attached hydrogens (tertiary/aromatic N) is 1. The van der Waals surface area contributed by atoms with E-state index in [0.29, 0.717) is 6.54 Å². The van der Waals surface area contributed by atoms with Crippen LogP contribution in [0.1, 0.15) is 17.0 Å². The Kier molecular flexibility index (Phi) is 4.80. The number of hydrogen-bond acceptors (Lipinski definition) is 4. The first-order chi connectivity index (χ1) is 8.17. The molecule has 1 N–H and O–H groups in total. The van der Waals surface area contributed by atoms with Crippen LogP contribution in [0.15, 0.2) is 12.1 Å². The fraction of sp³-hybridized carbons (Fsp3) is 0.462. The quantitative estimate of drug-likeness (QED) is 0.844. The van der Waals surface area contributed by atoms with Crippen LogP contribution >= 0.6 is 0 Å². The Morgan fingerprint density at radius 3 is 2.41 bits per heavy atom. The van der Waals surface area contributed by atoms with Crippen molar-refractivity contribution in [2.45, 2.75) is 12.8 Å². The number of likely N-dealkylation sites (N-methyl/N-ethyl adjacent to an activating group) is 1. The highest BCUT2D eigenvalue weighted by Crippen LogP contribution is 2.32. The highest BCUT2D eigenvalue weighted by molar-refractivity contribution is 5.49. The predicted molar refractivity (Wildman–Crippen MR) is 66.6 cm³/mol. The summed E-state index contributed by atoms with van der Waals surface area (Å²) < 4.78 is 10.6. The number of rotatable bonds is 5. The minimum atomic E-state index is -0.246. The maximum Gasteiger partial charge on any atom is 0.123 e. The van der Waals surface area contributed by atoms with Gasteiger partial charge < -0.3 is 14.8 Å². The van der Waals surface area contributed by atoms with Gasteiger partial charge in [-0.25, -0.2) is 0 Å². The summed E-state index contributed by atoms with van der Waals surface area (Å²) in [5.74, 6) is 1.26. The molecule has 0 aromatic heterocycles. The van der Waals surface area contributed by atoms with Crippen LogP contribution < -0.4 is 14.8 Å². The molecule has 0 aliphatic rings. The molecule has 0 fully saturated rings. The maximum atomic E-state index is 9.18. The molecule has 0 amide bonds. The molecule has 0 saturated heterocycles. The standard InChI is InChI=1S/C13H18N2O2/c1-9-5-13(17-4)11(6-12(9)16-3)10(7-14)8-15-2/h5-6,10,15H,8H2,1-4H3. The lowest BCUT2D eigenvalue weighted by Gasteiger charge is -2.16. The second-order valence-electron chi connectivity index (χ2n) is 3.80. The zero-order valence-electron chi connectivity index (χ0n) is 10.7. The molecule has 0 bridgehead atoms. The maximum absolute atomic E-state index is 9.18. The molecule has 0 radical (unpaired) electrons. The molecular formula is C13H18N2O2. The third-order valence-corrected chi connectivity index (χ3v) is 2.69. The summed E-state index contributed by atoms with van der Waals surface area (Å²) in [6, 6.07) is 6.04. The van der Waals surface area contributed by atoms with Crippen molar-refractivity contribution >= 4 is 0 Å². The van der Waals surface area contributed by atoms with Crippen molar-refractivity contribution in [2.24, 2.45) is 0 Å². The monoisotopic (exact) mass is 234 g/mol. The van der Waals surface area contributed by atoms with Gasteiger partial charge in [-0.1, -0.05) is 0 Å². The van der Waals surface area contributed by atoms with Gasteiger partial charge in [0.25, 0.3) is 0 Å². The van der Waals surface area contributed by atoms with E-state index in [1.807, 2.05) is 26.1 Å². The van der Waals surface area contributed by atoms with Crippen molar-refractivity contribution in [3.63, 3.8) is 0 Å². The SMILES string of the molecule is CNCC(C#N)c1cc(OC)c(C)cc1OC. The largest absolute Gasteiger partial charge is 0.496 e. The molecule has 0 spiro atoms. The van der Waals surface area contributed by atoms with Crippen LogP contribution in [0, 0.1) is 18.3 Å². The first kappa shape index (κ1) is 13.3. The molecule has 4 heteroatoms. The Bertz CT molecular complexity index is 424. The van der Waals surface area contributed by atoms with Crippen LogP contribution in [0.4, 0.5) is 0 Å². The second kappa shape index (κ2) is 6.12. The van der Waals surface area contributed by atoms with Gasteiger partial charge in [0.15, 0.2) is 0 Å². The summed E-state index contributed by atoms with van der Waals surface area (Å²) in [6.07, 6.45) is 0. The number of nitrogens with one attached hydrogen (secondary N) is 1. The summed E-state index contributed by atoms with van der Waals surface area (Å²) in [5, 5.41) is 12.2. The Hall–Kier alpha value is -1.73. The van der Waals surface area contributed by atoms with E-state index in [9.17, 15) is 5.26 Å². The minimum absolute atomic E-state index is 0.246. The van der Waals surface area contributed by atoms with Gasteiger partial charge in [0.1, 0.15) is 11.5 Å². The van der Waals surface area contributed by atoms with E-state index < -0.39 is 0 Å². The lowest BCUT2D eigenvalue weighted by atomic mass is 9.97. The number of aryl methyl sites for hydroxylation is 1. The fourth-order valence-electron chi connectivity index (χ4n) is 1.78. The summed E-state index contributed by atoms with van der Waals surface area (Å²) in [6.45, 7) is 2.53. The van der Waals surface area contributed by atoms with Crippen molar-refractivity contribution in [2.75, 3.05) is 27.8 Å². The van der Waals surface area contributed by atoms with Gasteiger partial charge in [-0.3, -0.25) is 0 Å². The summed E-state index contributed by atoms with van der Waals surface area (Å²) in [4.78, 5) is 0. The van der Waals surface area contributed by atoms with E-state index >= 15 is 0 Å². The third-order valence-electron chi connectivity index (χ3n) is 2.69. The van der Waals surface area contributed by atoms with Crippen LogP contribution in [-0.4, -0.2) is 27.8 Å². The normalized spacial score (nSPS) is 11.7. The van der Waals surface area contributed by atoms with Crippen molar-refractivity contribution < 1.29 is 9.47 Å². The van der Waals surface area contributed by atoms with Crippen LogP contribution in [0.3, 0.4) is 0 Å². The molecule has 1 unspecified atom stereocenters. The van der Waals surface area contributed by atoms with Gasteiger partial charge in [-0.05, 0) is 31.7 Å². The molecule has 1 aromatic rings. The van der Waals surface area contributed by atoms with Crippen LogP contribution in [-0.2, 0) is 0 Å². The fourth-order valence-corrected chi connectivity index (χ4v) is 1.78. The first-order valence-electron chi connectivity index (χ1n) is 5.44. The van der Waals surface area contributed by atoms with Gasteiger partial charge >= 0.3 is 0 Å².